The van der Waals surface area contributed by atoms with Crippen LogP contribution in [0.15, 0.2) is 23.8 Å². The van der Waals surface area contributed by atoms with Crippen LogP contribution in [0.25, 0.3) is 0 Å². The largest absolute Gasteiger partial charge is 0.315 e. The van der Waals surface area contributed by atoms with Crippen molar-refractivity contribution in [1.29, 1.82) is 0 Å². The van der Waals surface area contributed by atoms with Gasteiger partial charge in [-0.3, -0.25) is 4.68 Å². The molecule has 2 aromatic heterocycles. The van der Waals surface area contributed by atoms with Crippen LogP contribution >= 0.6 is 11.3 Å². The van der Waals surface area contributed by atoms with Crippen LogP contribution < -0.4 is 5.32 Å². The molecule has 4 nitrogen and oxygen atoms in total. The van der Waals surface area contributed by atoms with E-state index in [1.807, 2.05) is 23.9 Å². The molecule has 0 fully saturated rings. The third kappa shape index (κ3) is 3.43. The van der Waals surface area contributed by atoms with Crippen molar-refractivity contribution in [2.75, 3.05) is 13.1 Å². The minimum Gasteiger partial charge on any atom is -0.315 e. The van der Waals surface area contributed by atoms with Crippen LogP contribution in [0.4, 0.5) is 0 Å². The average molecular weight is 236 g/mol. The van der Waals surface area contributed by atoms with Gasteiger partial charge in [0.1, 0.15) is 0 Å². The first-order chi connectivity index (χ1) is 7.84. The number of nitrogens with zero attached hydrogens (tertiary/aromatic N) is 3. The third-order valence-electron chi connectivity index (χ3n) is 2.30. The van der Waals surface area contributed by atoms with Gasteiger partial charge in [-0.2, -0.15) is 5.10 Å². The zero-order chi connectivity index (χ0) is 11.2. The topological polar surface area (TPSA) is 42.7 Å². The summed E-state index contributed by atoms with van der Waals surface area (Å²) in [6, 6.07) is 1.94. The SMILES string of the molecule is Cc1nc(CCNCCn2cccn2)cs1. The van der Waals surface area contributed by atoms with Crippen molar-refractivity contribution in [3.05, 3.63) is 34.5 Å². The summed E-state index contributed by atoms with van der Waals surface area (Å²) in [5, 5.41) is 10.8. The average Bonchev–Trinajstić information content (AvgIpc) is 2.89. The first-order valence-electron chi connectivity index (χ1n) is 5.44. The number of aryl methyl sites for hydroxylation is 1. The van der Waals surface area contributed by atoms with Gasteiger partial charge in [-0.15, -0.1) is 11.3 Å². The summed E-state index contributed by atoms with van der Waals surface area (Å²) in [6.45, 7) is 4.89. The maximum absolute atomic E-state index is 4.42. The standard InChI is InChI=1S/C11H16N4S/c1-10-14-11(9-16-10)3-5-12-6-8-15-7-2-4-13-15/h2,4,7,9,12H,3,5-6,8H2,1H3. The zero-order valence-corrected chi connectivity index (χ0v) is 10.2. The molecular formula is C11H16N4S. The van der Waals surface area contributed by atoms with Crippen LogP contribution in [-0.2, 0) is 13.0 Å². The fourth-order valence-corrected chi connectivity index (χ4v) is 2.14. The highest BCUT2D eigenvalue weighted by Crippen LogP contribution is 2.07. The van der Waals surface area contributed by atoms with Crippen molar-refractivity contribution in [1.82, 2.24) is 20.1 Å². The van der Waals surface area contributed by atoms with Gasteiger partial charge in [-0.05, 0) is 13.0 Å². The van der Waals surface area contributed by atoms with Crippen LogP contribution in [-0.4, -0.2) is 27.9 Å². The lowest BCUT2D eigenvalue weighted by Crippen LogP contribution is -2.22. The first kappa shape index (κ1) is 11.3. The molecule has 86 valence electrons. The molecule has 2 aromatic rings. The predicted molar refractivity (Wildman–Crippen MR) is 65.7 cm³/mol. The van der Waals surface area contributed by atoms with Crippen molar-refractivity contribution in [2.45, 2.75) is 19.9 Å². The summed E-state index contributed by atoms with van der Waals surface area (Å²) in [6.07, 6.45) is 4.78. The number of thiazole rings is 1. The minimum atomic E-state index is 0.920. The molecule has 0 amide bonds. The summed E-state index contributed by atoms with van der Waals surface area (Å²) in [7, 11) is 0. The van der Waals surface area contributed by atoms with Gasteiger partial charge in [0.15, 0.2) is 0 Å². The quantitative estimate of drug-likeness (QED) is 0.773. The van der Waals surface area contributed by atoms with E-state index in [0.717, 1.165) is 31.1 Å². The number of aromatic nitrogens is 3. The first-order valence-corrected chi connectivity index (χ1v) is 6.32. The monoisotopic (exact) mass is 236 g/mol. The van der Waals surface area contributed by atoms with E-state index in [9.17, 15) is 0 Å². The Kier molecular flexibility index (Phi) is 4.07. The normalized spacial score (nSPS) is 10.8. The van der Waals surface area contributed by atoms with E-state index in [0.29, 0.717) is 0 Å². The Labute approximate surface area is 99.3 Å². The summed E-state index contributed by atoms with van der Waals surface area (Å²) in [5.41, 5.74) is 1.19. The van der Waals surface area contributed by atoms with Crippen molar-refractivity contribution >= 4 is 11.3 Å². The zero-order valence-electron chi connectivity index (χ0n) is 9.39. The fraction of sp³-hybridized carbons (Fsp3) is 0.455. The third-order valence-corrected chi connectivity index (χ3v) is 3.12. The highest BCUT2D eigenvalue weighted by Gasteiger charge is 1.97. The van der Waals surface area contributed by atoms with E-state index in [1.165, 1.54) is 5.69 Å². The van der Waals surface area contributed by atoms with E-state index in [1.54, 1.807) is 17.5 Å². The molecule has 0 radical (unpaired) electrons. The number of hydrogen-bond donors (Lipinski definition) is 1. The predicted octanol–water partition coefficient (Wildman–Crippen LogP) is 1.48. The van der Waals surface area contributed by atoms with Crippen molar-refractivity contribution in [3.8, 4) is 0 Å². The lowest BCUT2D eigenvalue weighted by atomic mass is 10.3. The Morgan fingerprint density at radius 3 is 3.06 bits per heavy atom. The second-order valence-electron chi connectivity index (χ2n) is 3.63. The molecule has 0 saturated carbocycles. The van der Waals surface area contributed by atoms with Gasteiger partial charge in [-0.25, -0.2) is 4.98 Å². The molecule has 0 saturated heterocycles. The van der Waals surface area contributed by atoms with Gasteiger partial charge < -0.3 is 5.32 Å². The number of nitrogens with one attached hydrogen (secondary N) is 1. The highest BCUT2D eigenvalue weighted by molar-refractivity contribution is 7.09. The minimum absolute atomic E-state index is 0.920. The van der Waals surface area contributed by atoms with Crippen molar-refractivity contribution < 1.29 is 0 Å². The van der Waals surface area contributed by atoms with Gasteiger partial charge in [0, 0.05) is 37.3 Å². The Morgan fingerprint density at radius 1 is 1.44 bits per heavy atom. The molecule has 0 aromatic carbocycles. The lowest BCUT2D eigenvalue weighted by Gasteiger charge is -2.03. The highest BCUT2D eigenvalue weighted by atomic mass is 32.1. The molecule has 5 heteroatoms. The Bertz CT molecular complexity index is 407. The Hall–Kier alpha value is -1.20. The molecule has 16 heavy (non-hydrogen) atoms. The summed E-state index contributed by atoms with van der Waals surface area (Å²) < 4.78 is 1.93. The van der Waals surface area contributed by atoms with Gasteiger partial charge >= 0.3 is 0 Å². The smallest absolute Gasteiger partial charge is 0.0897 e. The molecule has 0 bridgehead atoms. The second kappa shape index (κ2) is 5.77. The Morgan fingerprint density at radius 2 is 2.38 bits per heavy atom. The van der Waals surface area contributed by atoms with Crippen LogP contribution in [0.1, 0.15) is 10.7 Å². The molecule has 0 atom stereocenters. The summed E-state index contributed by atoms with van der Waals surface area (Å²) in [5.74, 6) is 0. The molecular weight excluding hydrogens is 220 g/mol. The lowest BCUT2D eigenvalue weighted by molar-refractivity contribution is 0.555. The fourth-order valence-electron chi connectivity index (χ4n) is 1.49. The van der Waals surface area contributed by atoms with Gasteiger partial charge in [-0.1, -0.05) is 0 Å². The molecule has 0 aliphatic carbocycles. The van der Waals surface area contributed by atoms with E-state index in [4.69, 9.17) is 0 Å². The van der Waals surface area contributed by atoms with Crippen LogP contribution in [0.3, 0.4) is 0 Å². The second-order valence-corrected chi connectivity index (χ2v) is 4.69. The van der Waals surface area contributed by atoms with Crippen LogP contribution in [0, 0.1) is 6.92 Å². The van der Waals surface area contributed by atoms with E-state index in [-0.39, 0.29) is 0 Å². The molecule has 2 rings (SSSR count). The van der Waals surface area contributed by atoms with Gasteiger partial charge in [0.05, 0.1) is 17.2 Å². The summed E-state index contributed by atoms with van der Waals surface area (Å²) in [4.78, 5) is 4.42. The van der Waals surface area contributed by atoms with E-state index < -0.39 is 0 Å². The Balaban J connectivity index is 1.59. The molecule has 0 aliphatic rings. The van der Waals surface area contributed by atoms with E-state index in [2.05, 4.69) is 20.8 Å². The van der Waals surface area contributed by atoms with E-state index >= 15 is 0 Å². The molecule has 0 aliphatic heterocycles. The maximum Gasteiger partial charge on any atom is 0.0897 e. The summed E-state index contributed by atoms with van der Waals surface area (Å²) >= 11 is 1.71. The number of rotatable bonds is 6. The molecule has 0 unspecified atom stereocenters. The van der Waals surface area contributed by atoms with Gasteiger partial charge in [0.25, 0.3) is 0 Å². The van der Waals surface area contributed by atoms with Crippen LogP contribution in [0.5, 0.6) is 0 Å². The molecule has 1 N–H and O–H groups in total. The van der Waals surface area contributed by atoms with Crippen molar-refractivity contribution in [2.24, 2.45) is 0 Å². The van der Waals surface area contributed by atoms with Crippen molar-refractivity contribution in [3.63, 3.8) is 0 Å². The van der Waals surface area contributed by atoms with Crippen LogP contribution in [0.2, 0.25) is 0 Å². The maximum atomic E-state index is 4.42. The molecule has 0 spiro atoms. The van der Waals surface area contributed by atoms with Gasteiger partial charge in [0.2, 0.25) is 0 Å². The molecule has 2 heterocycles. The number of hydrogen-bond acceptors (Lipinski definition) is 4.